The second-order valence-electron chi connectivity index (χ2n) is 5.63. The third kappa shape index (κ3) is 4.28. The molecular weight excluding hydrogens is 300 g/mol. The number of carbonyl (C=O) groups excluding carboxylic acids is 1. The van der Waals surface area contributed by atoms with E-state index in [-0.39, 0.29) is 31.6 Å². The van der Waals surface area contributed by atoms with E-state index in [9.17, 15) is 9.59 Å². The maximum atomic E-state index is 12.0. The zero-order chi connectivity index (χ0) is 17.0. The van der Waals surface area contributed by atoms with E-state index in [1.807, 2.05) is 19.1 Å². The number of rotatable bonds is 6. The van der Waals surface area contributed by atoms with Gasteiger partial charge >= 0.3 is 12.0 Å². The number of nitrogens with zero attached hydrogens (tertiary/aromatic N) is 1. The first kappa shape index (κ1) is 16.9. The third-order valence-corrected chi connectivity index (χ3v) is 3.74. The SMILES string of the molecule is COc1cc2c(cc1CNC(=O)N(C)CCC(=O)O)OC(C)C2. The zero-order valence-electron chi connectivity index (χ0n) is 13.6. The van der Waals surface area contributed by atoms with Gasteiger partial charge in [0.05, 0.1) is 13.5 Å². The first-order chi connectivity index (χ1) is 10.9. The molecule has 1 aliphatic heterocycles. The summed E-state index contributed by atoms with van der Waals surface area (Å²) in [7, 11) is 3.15. The van der Waals surface area contributed by atoms with Gasteiger partial charge in [-0.3, -0.25) is 4.79 Å². The summed E-state index contributed by atoms with van der Waals surface area (Å²) < 4.78 is 11.1. The van der Waals surface area contributed by atoms with Gasteiger partial charge in [-0.05, 0) is 19.1 Å². The van der Waals surface area contributed by atoms with Crippen molar-refractivity contribution < 1.29 is 24.2 Å². The van der Waals surface area contributed by atoms with Crippen LogP contribution in [0, 0.1) is 0 Å². The van der Waals surface area contributed by atoms with Gasteiger partial charge in [0.15, 0.2) is 0 Å². The van der Waals surface area contributed by atoms with Crippen molar-refractivity contribution >= 4 is 12.0 Å². The van der Waals surface area contributed by atoms with Gasteiger partial charge in [-0.15, -0.1) is 0 Å². The molecule has 7 nitrogen and oxygen atoms in total. The fraction of sp³-hybridized carbons (Fsp3) is 0.500. The topological polar surface area (TPSA) is 88.1 Å². The van der Waals surface area contributed by atoms with Crippen LogP contribution < -0.4 is 14.8 Å². The molecule has 0 aliphatic carbocycles. The highest BCUT2D eigenvalue weighted by atomic mass is 16.5. The van der Waals surface area contributed by atoms with Gasteiger partial charge in [0.25, 0.3) is 0 Å². The molecule has 0 saturated carbocycles. The number of nitrogens with one attached hydrogen (secondary N) is 1. The standard InChI is InChI=1S/C16H22N2O5/c1-10-6-11-7-13(22-3)12(8-14(11)23-10)9-17-16(21)18(2)5-4-15(19)20/h7-8,10H,4-6,9H2,1-3H3,(H,17,21)(H,19,20). The number of aliphatic carboxylic acids is 1. The Bertz CT molecular complexity index is 602. The predicted molar refractivity (Wildman–Crippen MR) is 83.9 cm³/mol. The van der Waals surface area contributed by atoms with Crippen LogP contribution in [0.2, 0.25) is 0 Å². The minimum Gasteiger partial charge on any atom is -0.496 e. The highest BCUT2D eigenvalue weighted by Gasteiger charge is 2.22. The molecule has 0 aromatic heterocycles. The van der Waals surface area contributed by atoms with E-state index in [0.29, 0.717) is 5.75 Å². The van der Waals surface area contributed by atoms with Crippen LogP contribution in [-0.4, -0.2) is 48.8 Å². The van der Waals surface area contributed by atoms with Gasteiger partial charge in [0.2, 0.25) is 0 Å². The van der Waals surface area contributed by atoms with Crippen LogP contribution in [0.5, 0.6) is 11.5 Å². The molecule has 1 aromatic rings. The summed E-state index contributed by atoms with van der Waals surface area (Å²) in [5, 5.41) is 11.4. The highest BCUT2D eigenvalue weighted by Crippen LogP contribution is 2.34. The number of amides is 2. The van der Waals surface area contributed by atoms with Crippen molar-refractivity contribution in [3.63, 3.8) is 0 Å². The lowest BCUT2D eigenvalue weighted by atomic mass is 10.1. The molecule has 2 N–H and O–H groups in total. The Balaban J connectivity index is 1.99. The minimum absolute atomic E-state index is 0.0855. The molecule has 0 saturated heterocycles. The monoisotopic (exact) mass is 322 g/mol. The van der Waals surface area contributed by atoms with Crippen LogP contribution in [0.4, 0.5) is 4.79 Å². The van der Waals surface area contributed by atoms with Crippen LogP contribution in [0.1, 0.15) is 24.5 Å². The maximum Gasteiger partial charge on any atom is 0.317 e. The quantitative estimate of drug-likeness (QED) is 0.831. The fourth-order valence-corrected chi connectivity index (χ4v) is 2.48. The second kappa shape index (κ2) is 7.21. The number of carboxylic acid groups (broad SMARTS) is 1. The Hall–Kier alpha value is -2.44. The smallest absolute Gasteiger partial charge is 0.317 e. The number of carbonyl (C=O) groups is 2. The summed E-state index contributed by atoms with van der Waals surface area (Å²) in [4.78, 5) is 23.8. The molecule has 7 heteroatoms. The first-order valence-corrected chi connectivity index (χ1v) is 7.48. The summed E-state index contributed by atoms with van der Waals surface area (Å²) in [6.45, 7) is 2.44. The Morgan fingerprint density at radius 1 is 1.48 bits per heavy atom. The summed E-state index contributed by atoms with van der Waals surface area (Å²) in [6, 6.07) is 3.49. The van der Waals surface area contributed by atoms with Crippen LogP contribution in [-0.2, 0) is 17.8 Å². The zero-order valence-corrected chi connectivity index (χ0v) is 13.6. The van der Waals surface area contributed by atoms with E-state index in [1.54, 1.807) is 14.2 Å². The van der Waals surface area contributed by atoms with E-state index in [1.165, 1.54) is 4.90 Å². The second-order valence-corrected chi connectivity index (χ2v) is 5.63. The Kier molecular flexibility index (Phi) is 5.31. The molecule has 1 aromatic carbocycles. The Morgan fingerprint density at radius 2 is 2.22 bits per heavy atom. The normalized spacial score (nSPS) is 15.5. The summed E-state index contributed by atoms with van der Waals surface area (Å²) in [5.74, 6) is 0.591. The minimum atomic E-state index is -0.934. The van der Waals surface area contributed by atoms with Crippen LogP contribution >= 0.6 is 0 Å². The number of carboxylic acids is 1. The first-order valence-electron chi connectivity index (χ1n) is 7.48. The molecule has 1 unspecified atom stereocenters. The van der Waals surface area contributed by atoms with E-state index < -0.39 is 5.97 Å². The number of benzene rings is 1. The van der Waals surface area contributed by atoms with Gasteiger partial charge in [0, 0.05) is 37.7 Å². The molecule has 2 rings (SSSR count). The van der Waals surface area contributed by atoms with Gasteiger partial charge in [0.1, 0.15) is 17.6 Å². The molecular formula is C16H22N2O5. The van der Waals surface area contributed by atoms with E-state index in [0.717, 1.165) is 23.3 Å². The lowest BCUT2D eigenvalue weighted by molar-refractivity contribution is -0.137. The number of hydrogen-bond donors (Lipinski definition) is 2. The number of hydrogen-bond acceptors (Lipinski definition) is 4. The molecule has 23 heavy (non-hydrogen) atoms. The van der Waals surface area contributed by atoms with Crippen molar-refractivity contribution in [2.45, 2.75) is 32.4 Å². The largest absolute Gasteiger partial charge is 0.496 e. The van der Waals surface area contributed by atoms with Crippen molar-refractivity contribution in [3.8, 4) is 11.5 Å². The maximum absolute atomic E-state index is 12.0. The molecule has 0 radical (unpaired) electrons. The lowest BCUT2D eigenvalue weighted by Gasteiger charge is -2.18. The third-order valence-electron chi connectivity index (χ3n) is 3.74. The van der Waals surface area contributed by atoms with Crippen LogP contribution in [0.25, 0.3) is 0 Å². The van der Waals surface area contributed by atoms with Crippen molar-refractivity contribution in [1.82, 2.24) is 10.2 Å². The molecule has 0 bridgehead atoms. The van der Waals surface area contributed by atoms with Gasteiger partial charge in [-0.25, -0.2) is 4.79 Å². The molecule has 0 spiro atoms. The summed E-state index contributed by atoms with van der Waals surface area (Å²) >= 11 is 0. The van der Waals surface area contributed by atoms with Gasteiger partial charge < -0.3 is 24.8 Å². The fourth-order valence-electron chi connectivity index (χ4n) is 2.48. The van der Waals surface area contributed by atoms with E-state index in [4.69, 9.17) is 14.6 Å². The number of urea groups is 1. The van der Waals surface area contributed by atoms with E-state index in [2.05, 4.69) is 5.32 Å². The Labute approximate surface area is 135 Å². The average molecular weight is 322 g/mol. The molecule has 1 heterocycles. The van der Waals surface area contributed by atoms with Crippen molar-refractivity contribution in [1.29, 1.82) is 0 Å². The molecule has 1 aliphatic rings. The molecule has 0 fully saturated rings. The molecule has 126 valence electrons. The van der Waals surface area contributed by atoms with Gasteiger partial charge in [-0.1, -0.05) is 0 Å². The summed E-state index contributed by atoms with van der Waals surface area (Å²) in [5.41, 5.74) is 1.92. The van der Waals surface area contributed by atoms with E-state index >= 15 is 0 Å². The summed E-state index contributed by atoms with van der Waals surface area (Å²) in [6.07, 6.45) is 0.898. The lowest BCUT2D eigenvalue weighted by Crippen LogP contribution is -2.38. The van der Waals surface area contributed by atoms with Crippen molar-refractivity contribution in [3.05, 3.63) is 23.3 Å². The highest BCUT2D eigenvalue weighted by molar-refractivity contribution is 5.75. The average Bonchev–Trinajstić information content (AvgIpc) is 2.87. The predicted octanol–water partition coefficient (Wildman–Crippen LogP) is 1.63. The van der Waals surface area contributed by atoms with Crippen molar-refractivity contribution in [2.24, 2.45) is 0 Å². The number of fused-ring (bicyclic) bond motifs is 1. The Morgan fingerprint density at radius 3 is 2.87 bits per heavy atom. The van der Waals surface area contributed by atoms with Crippen LogP contribution in [0.15, 0.2) is 12.1 Å². The number of ether oxygens (including phenoxy) is 2. The van der Waals surface area contributed by atoms with Crippen LogP contribution in [0.3, 0.4) is 0 Å². The van der Waals surface area contributed by atoms with Crippen molar-refractivity contribution in [2.75, 3.05) is 20.7 Å². The molecule has 2 amide bonds. The van der Waals surface area contributed by atoms with Gasteiger partial charge in [-0.2, -0.15) is 0 Å². The number of methoxy groups -OCH3 is 1. The molecule has 1 atom stereocenters.